The third-order valence-corrected chi connectivity index (χ3v) is 0.561. The summed E-state index contributed by atoms with van der Waals surface area (Å²) in [5, 5.41) is 11.4. The number of nitrogens with zero attached hydrogens (tertiary/aromatic N) is 2. The molecular formula is C4H2N2O. The second-order valence-corrected chi connectivity index (χ2v) is 1.02. The Morgan fingerprint density at radius 2 is 2.71 bits per heavy atom. The zero-order valence-corrected chi connectivity index (χ0v) is 3.46. The van der Waals surface area contributed by atoms with Gasteiger partial charge in [-0.1, -0.05) is 5.16 Å². The first-order chi connectivity index (χ1) is 3.43. The van der Waals surface area contributed by atoms with Crippen LogP contribution >= 0.6 is 0 Å². The standard InChI is InChI=1S/C4H2N2O/c5-1-4-2-6-7-3-4/h2-3H. The van der Waals surface area contributed by atoms with E-state index in [9.17, 15) is 0 Å². The average Bonchev–Trinajstić information content (AvgIpc) is 2.14. The number of aromatic nitrogens is 1. The third kappa shape index (κ3) is 0.578. The van der Waals surface area contributed by atoms with Crippen LogP contribution in [0.1, 0.15) is 5.56 Å². The Morgan fingerprint density at radius 1 is 1.86 bits per heavy atom. The summed E-state index contributed by atoms with van der Waals surface area (Å²) in [6.07, 6.45) is 2.65. The van der Waals surface area contributed by atoms with E-state index in [0.717, 1.165) is 0 Å². The second kappa shape index (κ2) is 1.43. The maximum atomic E-state index is 8.08. The first kappa shape index (κ1) is 3.88. The van der Waals surface area contributed by atoms with E-state index in [2.05, 4.69) is 9.68 Å². The van der Waals surface area contributed by atoms with Crippen molar-refractivity contribution in [3.05, 3.63) is 18.0 Å². The van der Waals surface area contributed by atoms with E-state index >= 15 is 0 Å². The van der Waals surface area contributed by atoms with Gasteiger partial charge in [-0.05, 0) is 0 Å². The quantitative estimate of drug-likeness (QED) is 0.471. The van der Waals surface area contributed by atoms with E-state index in [1.54, 1.807) is 0 Å². The maximum Gasteiger partial charge on any atom is 0.141 e. The highest BCUT2D eigenvalue weighted by molar-refractivity contribution is 5.19. The highest BCUT2D eigenvalue weighted by atomic mass is 16.5. The van der Waals surface area contributed by atoms with E-state index in [4.69, 9.17) is 5.26 Å². The van der Waals surface area contributed by atoms with Crippen LogP contribution in [0.5, 0.6) is 0 Å². The Morgan fingerprint density at radius 3 is 3.00 bits per heavy atom. The van der Waals surface area contributed by atoms with Crippen LogP contribution in [0.2, 0.25) is 0 Å². The average molecular weight is 94.1 g/mol. The summed E-state index contributed by atoms with van der Waals surface area (Å²) in [6.45, 7) is 0. The lowest BCUT2D eigenvalue weighted by Crippen LogP contribution is -1.56. The number of nitriles is 1. The highest BCUT2D eigenvalue weighted by Gasteiger charge is 1.85. The molecule has 0 aliphatic rings. The smallest absolute Gasteiger partial charge is 0.141 e. The van der Waals surface area contributed by atoms with Crippen LogP contribution in [-0.2, 0) is 0 Å². The first-order valence-corrected chi connectivity index (χ1v) is 1.73. The van der Waals surface area contributed by atoms with Crippen molar-refractivity contribution in [2.45, 2.75) is 0 Å². The van der Waals surface area contributed by atoms with Gasteiger partial charge in [0.05, 0.1) is 6.20 Å². The maximum absolute atomic E-state index is 8.08. The van der Waals surface area contributed by atoms with E-state index in [-0.39, 0.29) is 0 Å². The summed E-state index contributed by atoms with van der Waals surface area (Å²) in [4.78, 5) is 0. The van der Waals surface area contributed by atoms with Gasteiger partial charge in [-0.2, -0.15) is 5.26 Å². The van der Waals surface area contributed by atoms with Gasteiger partial charge in [0.15, 0.2) is 0 Å². The molecular weight excluding hydrogens is 92.1 g/mol. The summed E-state index contributed by atoms with van der Waals surface area (Å²) in [6, 6.07) is 1.85. The fraction of sp³-hybridized carbons (Fsp3) is 0. The van der Waals surface area contributed by atoms with Crippen LogP contribution < -0.4 is 0 Å². The molecule has 7 heavy (non-hydrogen) atoms. The lowest BCUT2D eigenvalue weighted by molar-refractivity contribution is 0.419. The molecule has 0 aliphatic heterocycles. The summed E-state index contributed by atoms with van der Waals surface area (Å²) in [5.41, 5.74) is 0.458. The van der Waals surface area contributed by atoms with E-state index in [1.165, 1.54) is 12.5 Å². The van der Waals surface area contributed by atoms with Crippen molar-refractivity contribution >= 4 is 0 Å². The number of hydrogen-bond acceptors (Lipinski definition) is 3. The van der Waals surface area contributed by atoms with Gasteiger partial charge in [-0.3, -0.25) is 0 Å². The Balaban J connectivity index is 3.04. The van der Waals surface area contributed by atoms with Crippen molar-refractivity contribution in [1.82, 2.24) is 5.16 Å². The lowest BCUT2D eigenvalue weighted by atomic mass is 10.4. The van der Waals surface area contributed by atoms with Crippen LogP contribution in [0.25, 0.3) is 0 Å². The minimum Gasteiger partial charge on any atom is -0.363 e. The van der Waals surface area contributed by atoms with Gasteiger partial charge in [0.1, 0.15) is 17.9 Å². The molecule has 34 valence electrons. The fourth-order valence-electron chi connectivity index (χ4n) is 0.260. The van der Waals surface area contributed by atoms with Crippen molar-refractivity contribution in [2.24, 2.45) is 0 Å². The summed E-state index contributed by atoms with van der Waals surface area (Å²) < 4.78 is 4.33. The van der Waals surface area contributed by atoms with Gasteiger partial charge >= 0.3 is 0 Å². The number of rotatable bonds is 0. The van der Waals surface area contributed by atoms with E-state index < -0.39 is 0 Å². The molecule has 1 rings (SSSR count). The van der Waals surface area contributed by atoms with E-state index in [1.807, 2.05) is 6.07 Å². The molecule has 0 fully saturated rings. The molecule has 0 atom stereocenters. The van der Waals surface area contributed by atoms with E-state index in [0.29, 0.717) is 5.56 Å². The molecule has 0 aliphatic carbocycles. The molecule has 3 nitrogen and oxygen atoms in total. The summed E-state index contributed by atoms with van der Waals surface area (Å²) in [7, 11) is 0. The topological polar surface area (TPSA) is 49.8 Å². The molecule has 0 radical (unpaired) electrons. The van der Waals surface area contributed by atoms with Gasteiger partial charge < -0.3 is 4.52 Å². The van der Waals surface area contributed by atoms with Gasteiger partial charge in [0.2, 0.25) is 0 Å². The predicted molar refractivity (Wildman–Crippen MR) is 21.2 cm³/mol. The van der Waals surface area contributed by atoms with Crippen LogP contribution in [0, 0.1) is 11.3 Å². The Bertz CT molecular complexity index is 172. The molecule has 0 bridgehead atoms. The summed E-state index contributed by atoms with van der Waals surface area (Å²) in [5.74, 6) is 0. The zero-order valence-electron chi connectivity index (χ0n) is 3.46. The van der Waals surface area contributed by atoms with Gasteiger partial charge in [0, 0.05) is 0 Å². The van der Waals surface area contributed by atoms with Crippen LogP contribution in [0.15, 0.2) is 17.0 Å². The van der Waals surface area contributed by atoms with Crippen LogP contribution in [0.4, 0.5) is 0 Å². The molecule has 0 saturated heterocycles. The molecule has 0 N–H and O–H groups in total. The summed E-state index contributed by atoms with van der Waals surface area (Å²) >= 11 is 0. The zero-order chi connectivity index (χ0) is 5.11. The predicted octanol–water partition coefficient (Wildman–Crippen LogP) is 0.546. The van der Waals surface area contributed by atoms with Crippen LogP contribution in [-0.4, -0.2) is 5.16 Å². The van der Waals surface area contributed by atoms with Crippen LogP contribution in [0.3, 0.4) is 0 Å². The van der Waals surface area contributed by atoms with Crippen molar-refractivity contribution in [2.75, 3.05) is 0 Å². The highest BCUT2D eigenvalue weighted by Crippen LogP contribution is 1.89. The Hall–Kier alpha value is -1.30. The molecule has 0 amide bonds. The Kier molecular flexibility index (Phi) is 0.794. The first-order valence-electron chi connectivity index (χ1n) is 1.73. The Labute approximate surface area is 40.2 Å². The molecule has 3 heteroatoms. The largest absolute Gasteiger partial charge is 0.363 e. The monoisotopic (exact) mass is 94.0 g/mol. The minimum absolute atomic E-state index is 0.458. The third-order valence-electron chi connectivity index (χ3n) is 0.561. The molecule has 0 unspecified atom stereocenters. The van der Waals surface area contributed by atoms with Crippen molar-refractivity contribution in [3.8, 4) is 6.07 Å². The van der Waals surface area contributed by atoms with Gasteiger partial charge in [-0.25, -0.2) is 0 Å². The molecule has 0 aromatic carbocycles. The van der Waals surface area contributed by atoms with Crippen molar-refractivity contribution in [3.63, 3.8) is 0 Å². The molecule has 1 aromatic rings. The normalized spacial score (nSPS) is 7.86. The molecule has 0 saturated carbocycles. The molecule has 1 heterocycles. The number of hydrogen-bond donors (Lipinski definition) is 0. The molecule has 1 aromatic heterocycles. The lowest BCUT2D eigenvalue weighted by Gasteiger charge is -1.57. The minimum atomic E-state index is 0.458. The van der Waals surface area contributed by atoms with Gasteiger partial charge in [-0.15, -0.1) is 0 Å². The molecule has 0 spiro atoms. The van der Waals surface area contributed by atoms with Crippen molar-refractivity contribution < 1.29 is 4.52 Å². The van der Waals surface area contributed by atoms with Gasteiger partial charge in [0.25, 0.3) is 0 Å². The SMILES string of the molecule is N#Cc1cnoc1. The van der Waals surface area contributed by atoms with Crippen molar-refractivity contribution in [1.29, 1.82) is 5.26 Å². The fourth-order valence-corrected chi connectivity index (χ4v) is 0.260. The second-order valence-electron chi connectivity index (χ2n) is 1.02.